The molecule has 4 aliphatic carbocycles. The molecule has 6 fully saturated rings. The summed E-state index contributed by atoms with van der Waals surface area (Å²) >= 11 is 0. The van der Waals surface area contributed by atoms with Gasteiger partial charge in [-0.05, 0) is 111 Å². The summed E-state index contributed by atoms with van der Waals surface area (Å²) < 4.78 is 31.7. The molecule has 2 saturated heterocycles. The van der Waals surface area contributed by atoms with E-state index >= 15 is 0 Å². The highest BCUT2D eigenvalue weighted by Gasteiger charge is 2.52. The highest BCUT2D eigenvalue weighted by molar-refractivity contribution is 5.92. The Balaban J connectivity index is 0.000000451. The quantitative estimate of drug-likeness (QED) is 0.416. The van der Waals surface area contributed by atoms with Crippen LogP contribution in [0.5, 0.6) is 0 Å². The van der Waals surface area contributed by atoms with Crippen LogP contribution >= 0.6 is 0 Å². The molecule has 0 radical (unpaired) electrons. The second-order valence-corrected chi connectivity index (χ2v) is 13.5. The number of rotatable bonds is 8. The summed E-state index contributed by atoms with van der Waals surface area (Å²) in [6.45, 7) is 2.11. The smallest absolute Gasteiger partial charge is 0.475 e. The van der Waals surface area contributed by atoms with E-state index < -0.39 is 12.1 Å². The van der Waals surface area contributed by atoms with Crippen molar-refractivity contribution in [2.75, 3.05) is 26.2 Å². The highest BCUT2D eigenvalue weighted by atomic mass is 19.4. The first-order valence-electron chi connectivity index (χ1n) is 15.2. The van der Waals surface area contributed by atoms with E-state index in [9.17, 15) is 27.9 Å². The lowest BCUT2D eigenvalue weighted by Gasteiger charge is -2.58. The molecular weight excluding hydrogens is 551 g/mol. The molecule has 11 heteroatoms. The average Bonchev–Trinajstić information content (AvgIpc) is 3.15. The minimum Gasteiger partial charge on any atom is -0.475 e. The van der Waals surface area contributed by atoms with Crippen molar-refractivity contribution in [1.29, 1.82) is 0 Å². The average molecular weight is 594 g/mol. The van der Waals surface area contributed by atoms with Crippen molar-refractivity contribution in [3.8, 4) is 0 Å². The summed E-state index contributed by atoms with van der Waals surface area (Å²) in [5.41, 5.74) is 7.65. The molecule has 4 N–H and O–H groups in total. The maximum Gasteiger partial charge on any atom is 0.490 e. The Hall–Kier alpha value is -2.66. The van der Waals surface area contributed by atoms with Gasteiger partial charge in [0.05, 0.1) is 0 Å². The molecule has 2 amide bonds. The van der Waals surface area contributed by atoms with Crippen molar-refractivity contribution in [2.24, 2.45) is 28.9 Å². The van der Waals surface area contributed by atoms with Gasteiger partial charge in [-0.2, -0.15) is 13.2 Å². The number of alkyl halides is 3. The van der Waals surface area contributed by atoms with Gasteiger partial charge < -0.3 is 20.8 Å². The van der Waals surface area contributed by atoms with E-state index in [0.29, 0.717) is 29.0 Å². The number of carbonyl (C=O) groups is 3. The molecule has 3 atom stereocenters. The van der Waals surface area contributed by atoms with Gasteiger partial charge in [0.2, 0.25) is 11.8 Å². The second-order valence-electron chi connectivity index (χ2n) is 13.5. The summed E-state index contributed by atoms with van der Waals surface area (Å²) in [7, 11) is 0. The molecule has 232 valence electrons. The largest absolute Gasteiger partial charge is 0.490 e. The zero-order valence-corrected chi connectivity index (χ0v) is 23.9. The van der Waals surface area contributed by atoms with Crippen LogP contribution in [-0.4, -0.2) is 82.3 Å². The van der Waals surface area contributed by atoms with Gasteiger partial charge in [0, 0.05) is 37.3 Å². The minimum absolute atomic E-state index is 0.0914. The number of aliphatic hydroxyl groups excluding tert-OH is 1. The molecule has 4 saturated carbocycles. The molecule has 2 aliphatic heterocycles. The molecule has 1 aromatic carbocycles. The third-order valence-electron chi connectivity index (χ3n) is 10.6. The molecule has 1 aromatic rings. The van der Waals surface area contributed by atoms with E-state index in [4.69, 9.17) is 15.6 Å². The first kappa shape index (κ1) is 30.8. The maximum absolute atomic E-state index is 12.8. The number of hydrogen-bond donors (Lipinski definition) is 3. The maximum atomic E-state index is 12.8. The van der Waals surface area contributed by atoms with Crippen LogP contribution in [0.15, 0.2) is 24.3 Å². The number of amides is 2. The summed E-state index contributed by atoms with van der Waals surface area (Å²) in [4.78, 5) is 38.0. The van der Waals surface area contributed by atoms with Crippen LogP contribution in [0.2, 0.25) is 0 Å². The molecule has 0 spiro atoms. The highest BCUT2D eigenvalue weighted by Crippen LogP contribution is 2.60. The Labute approximate surface area is 244 Å². The van der Waals surface area contributed by atoms with E-state index in [1.807, 2.05) is 17.0 Å². The number of aliphatic hydroxyl groups is 1. The Kier molecular flexibility index (Phi) is 8.90. The van der Waals surface area contributed by atoms with Crippen LogP contribution in [-0.2, 0) is 9.59 Å². The molecule has 2 heterocycles. The fraction of sp³-hybridized carbons (Fsp3) is 0.710. The lowest BCUT2D eigenvalue weighted by atomic mass is 9.49. The van der Waals surface area contributed by atoms with E-state index in [-0.39, 0.29) is 18.4 Å². The number of benzene rings is 1. The van der Waals surface area contributed by atoms with Crippen LogP contribution in [0, 0.1) is 23.2 Å². The standard InChI is InChI=1S/C29H41N3O3.C2HF3O2/c30-28(35)23-3-1-2-22(11-23)24-12-25-4-5-26(13-24)32(25)7-6-31(27(34)17-33)18-29-14-19-8-20(15-29)10-21(9-19)16-29;3-2(4,5)1(6)7/h1-3,11,19-21,24-26,33H,4-10,12-18H2,(H2,30,35);(H,6,7)/t19?,20?,21?,24?,25-,26+,29?;. The first-order chi connectivity index (χ1) is 19.9. The summed E-state index contributed by atoms with van der Waals surface area (Å²) in [6, 6.07) is 8.93. The van der Waals surface area contributed by atoms with Gasteiger partial charge in [-0.3, -0.25) is 14.5 Å². The minimum atomic E-state index is -5.08. The van der Waals surface area contributed by atoms with Crippen LogP contribution in [0.4, 0.5) is 13.2 Å². The van der Waals surface area contributed by atoms with Gasteiger partial charge >= 0.3 is 12.1 Å². The zero-order valence-electron chi connectivity index (χ0n) is 23.9. The molecule has 42 heavy (non-hydrogen) atoms. The lowest BCUT2D eigenvalue weighted by Crippen LogP contribution is -2.54. The molecule has 1 unspecified atom stereocenters. The van der Waals surface area contributed by atoms with Crippen molar-refractivity contribution in [1.82, 2.24) is 9.80 Å². The summed E-state index contributed by atoms with van der Waals surface area (Å²) in [5, 5.41) is 16.9. The number of carbonyl (C=O) groups excluding carboxylic acids is 2. The number of nitrogens with zero attached hydrogens (tertiary/aromatic N) is 2. The van der Waals surface area contributed by atoms with E-state index in [0.717, 1.165) is 50.2 Å². The number of piperidine rings is 1. The first-order valence-corrected chi connectivity index (χ1v) is 15.2. The van der Waals surface area contributed by atoms with Crippen molar-refractivity contribution in [2.45, 2.75) is 88.4 Å². The van der Waals surface area contributed by atoms with Gasteiger partial charge in [-0.25, -0.2) is 4.79 Å². The molecule has 8 nitrogen and oxygen atoms in total. The number of carboxylic acid groups (broad SMARTS) is 1. The normalized spacial score (nSPS) is 33.1. The molecule has 7 rings (SSSR count). The fourth-order valence-corrected chi connectivity index (χ4v) is 9.37. The Morgan fingerprint density at radius 2 is 1.52 bits per heavy atom. The Bertz CT molecular complexity index is 1130. The van der Waals surface area contributed by atoms with Crippen LogP contribution in [0.1, 0.15) is 86.0 Å². The lowest BCUT2D eigenvalue weighted by molar-refractivity contribution is -0.192. The Morgan fingerprint density at radius 3 is 2.00 bits per heavy atom. The van der Waals surface area contributed by atoms with Crippen LogP contribution in [0.3, 0.4) is 0 Å². The van der Waals surface area contributed by atoms with Crippen molar-refractivity contribution in [3.63, 3.8) is 0 Å². The van der Waals surface area contributed by atoms with Gasteiger partial charge in [0.1, 0.15) is 6.61 Å². The van der Waals surface area contributed by atoms with Crippen LogP contribution < -0.4 is 5.73 Å². The number of primary amides is 1. The third-order valence-corrected chi connectivity index (χ3v) is 10.6. The predicted octanol–water partition coefficient (Wildman–Crippen LogP) is 4.17. The van der Waals surface area contributed by atoms with Gasteiger partial charge in [-0.15, -0.1) is 0 Å². The van der Waals surface area contributed by atoms with Gasteiger partial charge in [0.25, 0.3) is 0 Å². The number of nitrogens with two attached hydrogens (primary N) is 1. The molecule has 0 aromatic heterocycles. The summed E-state index contributed by atoms with van der Waals surface area (Å²) in [5.74, 6) is -0.135. The van der Waals surface area contributed by atoms with Gasteiger partial charge in [-0.1, -0.05) is 12.1 Å². The number of aliphatic carboxylic acids is 1. The van der Waals surface area contributed by atoms with E-state index in [2.05, 4.69) is 11.0 Å². The number of fused-ring (bicyclic) bond motifs is 2. The Morgan fingerprint density at radius 1 is 0.976 bits per heavy atom. The van der Waals surface area contributed by atoms with E-state index in [1.54, 1.807) is 6.07 Å². The summed E-state index contributed by atoms with van der Waals surface area (Å²) in [6.07, 6.45) is 7.62. The monoisotopic (exact) mass is 593 g/mol. The number of hydrogen-bond acceptors (Lipinski definition) is 5. The number of halogens is 3. The number of carboxylic acids is 1. The van der Waals surface area contributed by atoms with Gasteiger partial charge in [0.15, 0.2) is 0 Å². The molecular formula is C31H42F3N3O5. The van der Waals surface area contributed by atoms with Crippen molar-refractivity contribution >= 4 is 17.8 Å². The fourth-order valence-electron chi connectivity index (χ4n) is 9.37. The predicted molar refractivity (Wildman–Crippen MR) is 148 cm³/mol. The topological polar surface area (TPSA) is 124 Å². The third kappa shape index (κ3) is 6.77. The molecule has 6 aliphatic rings. The second kappa shape index (κ2) is 12.1. The van der Waals surface area contributed by atoms with Crippen molar-refractivity contribution in [3.05, 3.63) is 35.4 Å². The SMILES string of the molecule is NC(=O)c1cccc(C2C[C@H]3CC[C@@H](C2)N3CCN(CC23CC4CC(CC(C4)C2)C3)C(=O)CO)c1.O=C(O)C(F)(F)F. The van der Waals surface area contributed by atoms with E-state index in [1.165, 1.54) is 56.9 Å². The van der Waals surface area contributed by atoms with Crippen LogP contribution in [0.25, 0.3) is 0 Å². The van der Waals surface area contributed by atoms with Crippen molar-refractivity contribution < 1.29 is 37.8 Å². The molecule has 6 bridgehead atoms. The zero-order chi connectivity index (χ0) is 30.2.